The Morgan fingerprint density at radius 3 is 2.35 bits per heavy atom. The molecule has 0 unspecified atom stereocenters. The molecule has 0 saturated carbocycles. The van der Waals surface area contributed by atoms with Crippen LogP contribution in [-0.4, -0.2) is 41.6 Å². The third-order valence-electron chi connectivity index (χ3n) is 5.36. The van der Waals surface area contributed by atoms with E-state index in [1.165, 1.54) is 17.5 Å². The van der Waals surface area contributed by atoms with E-state index in [1.807, 2.05) is 24.4 Å². The lowest BCUT2D eigenvalue weighted by Gasteiger charge is -2.37. The van der Waals surface area contributed by atoms with E-state index in [2.05, 4.69) is 16.7 Å². The molecule has 2 aromatic rings. The number of imidazole rings is 1. The molecule has 0 N–H and O–H groups in total. The minimum atomic E-state index is -3.08. The van der Waals surface area contributed by atoms with Crippen molar-refractivity contribution in [2.45, 2.75) is 31.2 Å². The molecule has 6 heteroatoms. The number of hydrogen-bond donors (Lipinski definition) is 0. The van der Waals surface area contributed by atoms with Gasteiger partial charge in [-0.25, -0.2) is 17.7 Å². The normalized spacial score (nSPS) is 20.7. The molecule has 1 aromatic carbocycles. The first-order chi connectivity index (χ1) is 11.0. The number of fused-ring (bicyclic) bond motifs is 2. The van der Waals surface area contributed by atoms with Crippen molar-refractivity contribution in [3.63, 3.8) is 0 Å². The molecule has 2 aliphatic rings. The summed E-state index contributed by atoms with van der Waals surface area (Å²) < 4.78 is 27.4. The van der Waals surface area contributed by atoms with Gasteiger partial charge in [0.2, 0.25) is 10.0 Å². The summed E-state index contributed by atoms with van der Waals surface area (Å²) in [6, 6.07) is 10.3. The summed E-state index contributed by atoms with van der Waals surface area (Å²) in [5, 5.41) is 0. The van der Waals surface area contributed by atoms with E-state index in [9.17, 15) is 8.42 Å². The van der Waals surface area contributed by atoms with E-state index < -0.39 is 10.0 Å². The molecular formula is C17H21N3O2S. The highest BCUT2D eigenvalue weighted by Crippen LogP contribution is 2.44. The summed E-state index contributed by atoms with van der Waals surface area (Å²) in [4.78, 5) is 4.73. The van der Waals surface area contributed by atoms with Gasteiger partial charge < -0.3 is 4.57 Å². The first-order valence-electron chi connectivity index (χ1n) is 8.06. The van der Waals surface area contributed by atoms with Crippen LogP contribution in [0, 0.1) is 0 Å². The minimum Gasteiger partial charge on any atom is -0.328 e. The van der Waals surface area contributed by atoms with Crippen LogP contribution in [0.5, 0.6) is 0 Å². The van der Waals surface area contributed by atoms with Gasteiger partial charge in [-0.1, -0.05) is 30.3 Å². The Bertz CT molecular complexity index is 819. The van der Waals surface area contributed by atoms with Gasteiger partial charge in [0.25, 0.3) is 0 Å². The van der Waals surface area contributed by atoms with Crippen molar-refractivity contribution in [2.75, 3.05) is 19.3 Å². The first-order valence-corrected chi connectivity index (χ1v) is 9.91. The Hall–Kier alpha value is -1.66. The molecule has 122 valence electrons. The maximum Gasteiger partial charge on any atom is 0.211 e. The highest BCUT2D eigenvalue weighted by molar-refractivity contribution is 7.88. The standard InChI is InChI=1S/C17H21N3O2S/c1-23(21,22)19-10-7-17(8-11-19)9-12-20-15(13-18-16(17)20)14-5-3-2-4-6-14/h2-6,13H,7-12H2,1H3. The lowest BCUT2D eigenvalue weighted by molar-refractivity contribution is 0.229. The van der Waals surface area contributed by atoms with Crippen molar-refractivity contribution < 1.29 is 8.42 Å². The topological polar surface area (TPSA) is 55.2 Å². The molecule has 1 fully saturated rings. The first kappa shape index (κ1) is 14.9. The summed E-state index contributed by atoms with van der Waals surface area (Å²) in [5.41, 5.74) is 2.41. The maximum atomic E-state index is 11.7. The lowest BCUT2D eigenvalue weighted by Crippen LogP contribution is -2.44. The van der Waals surface area contributed by atoms with Crippen molar-refractivity contribution >= 4 is 10.0 Å². The Balaban J connectivity index is 1.64. The largest absolute Gasteiger partial charge is 0.328 e. The third kappa shape index (κ3) is 2.40. The molecule has 0 amide bonds. The zero-order valence-corrected chi connectivity index (χ0v) is 14.1. The summed E-state index contributed by atoms with van der Waals surface area (Å²) in [7, 11) is -3.08. The van der Waals surface area contributed by atoms with Gasteiger partial charge in [-0.2, -0.15) is 0 Å². The van der Waals surface area contributed by atoms with Gasteiger partial charge in [-0.15, -0.1) is 0 Å². The van der Waals surface area contributed by atoms with Gasteiger partial charge >= 0.3 is 0 Å². The highest BCUT2D eigenvalue weighted by atomic mass is 32.2. The Kier molecular flexibility index (Phi) is 3.35. The summed E-state index contributed by atoms with van der Waals surface area (Å²) in [5.74, 6) is 1.14. The smallest absolute Gasteiger partial charge is 0.211 e. The van der Waals surface area contributed by atoms with Gasteiger partial charge in [-0.3, -0.25) is 0 Å². The van der Waals surface area contributed by atoms with Crippen LogP contribution in [-0.2, 0) is 22.0 Å². The fraction of sp³-hybridized carbons (Fsp3) is 0.471. The molecule has 0 radical (unpaired) electrons. The van der Waals surface area contributed by atoms with Crippen LogP contribution in [0.15, 0.2) is 36.5 Å². The van der Waals surface area contributed by atoms with Gasteiger partial charge in [0, 0.05) is 25.0 Å². The molecule has 0 aliphatic carbocycles. The Morgan fingerprint density at radius 2 is 1.70 bits per heavy atom. The summed E-state index contributed by atoms with van der Waals surface area (Å²) >= 11 is 0. The number of rotatable bonds is 2. The van der Waals surface area contributed by atoms with Crippen LogP contribution < -0.4 is 0 Å². The number of aromatic nitrogens is 2. The van der Waals surface area contributed by atoms with Crippen molar-refractivity contribution in [2.24, 2.45) is 0 Å². The molecule has 5 nitrogen and oxygen atoms in total. The van der Waals surface area contributed by atoms with Crippen LogP contribution in [0.4, 0.5) is 0 Å². The van der Waals surface area contributed by atoms with E-state index in [4.69, 9.17) is 4.98 Å². The summed E-state index contributed by atoms with van der Waals surface area (Å²) in [6.45, 7) is 2.18. The number of hydrogen-bond acceptors (Lipinski definition) is 3. The SMILES string of the molecule is CS(=O)(=O)N1CCC2(CC1)CCn1c(-c3ccccc3)cnc12. The van der Waals surface area contributed by atoms with Crippen molar-refractivity contribution in [3.05, 3.63) is 42.4 Å². The monoisotopic (exact) mass is 331 g/mol. The maximum absolute atomic E-state index is 11.7. The van der Waals surface area contributed by atoms with E-state index >= 15 is 0 Å². The van der Waals surface area contributed by atoms with Crippen LogP contribution >= 0.6 is 0 Å². The predicted octanol–water partition coefficient (Wildman–Crippen LogP) is 2.25. The van der Waals surface area contributed by atoms with Crippen LogP contribution in [0.3, 0.4) is 0 Å². The number of benzene rings is 1. The van der Waals surface area contributed by atoms with Gasteiger partial charge in [-0.05, 0) is 24.8 Å². The lowest BCUT2D eigenvalue weighted by atomic mass is 9.77. The van der Waals surface area contributed by atoms with E-state index in [-0.39, 0.29) is 5.41 Å². The molecule has 23 heavy (non-hydrogen) atoms. The fourth-order valence-corrected chi connectivity index (χ4v) is 4.87. The Labute approximate surface area is 137 Å². The quantitative estimate of drug-likeness (QED) is 0.848. The zero-order valence-electron chi connectivity index (χ0n) is 13.3. The van der Waals surface area contributed by atoms with Crippen molar-refractivity contribution in [1.82, 2.24) is 13.9 Å². The van der Waals surface area contributed by atoms with Crippen LogP contribution in [0.25, 0.3) is 11.3 Å². The van der Waals surface area contributed by atoms with E-state index in [1.54, 1.807) is 4.31 Å². The Morgan fingerprint density at radius 1 is 1.04 bits per heavy atom. The second kappa shape index (κ2) is 5.18. The third-order valence-corrected chi connectivity index (χ3v) is 6.67. The molecule has 0 bridgehead atoms. The van der Waals surface area contributed by atoms with E-state index in [0.717, 1.165) is 31.6 Å². The zero-order chi connectivity index (χ0) is 16.1. The number of piperidine rings is 1. The average Bonchev–Trinajstić information content (AvgIpc) is 3.10. The average molecular weight is 331 g/mol. The van der Waals surface area contributed by atoms with Gasteiger partial charge in [0.1, 0.15) is 5.82 Å². The van der Waals surface area contributed by atoms with Crippen LogP contribution in [0.1, 0.15) is 25.1 Å². The number of nitrogens with zero attached hydrogens (tertiary/aromatic N) is 3. The summed E-state index contributed by atoms with van der Waals surface area (Å²) in [6.07, 6.45) is 6.06. The molecule has 1 spiro atoms. The molecule has 2 aliphatic heterocycles. The molecular weight excluding hydrogens is 310 g/mol. The van der Waals surface area contributed by atoms with Crippen molar-refractivity contribution in [1.29, 1.82) is 0 Å². The van der Waals surface area contributed by atoms with Gasteiger partial charge in [0.05, 0.1) is 18.1 Å². The second-order valence-corrected chi connectivity index (χ2v) is 8.66. The predicted molar refractivity (Wildman–Crippen MR) is 89.6 cm³/mol. The molecule has 3 heterocycles. The van der Waals surface area contributed by atoms with Crippen molar-refractivity contribution in [3.8, 4) is 11.3 Å². The minimum absolute atomic E-state index is 0.0498. The highest BCUT2D eigenvalue weighted by Gasteiger charge is 2.45. The fourth-order valence-electron chi connectivity index (χ4n) is 4.02. The number of sulfonamides is 1. The second-order valence-electron chi connectivity index (χ2n) is 6.68. The molecule has 4 rings (SSSR count). The van der Waals surface area contributed by atoms with Gasteiger partial charge in [0.15, 0.2) is 0 Å². The van der Waals surface area contributed by atoms with Crippen LogP contribution in [0.2, 0.25) is 0 Å². The molecule has 1 aromatic heterocycles. The molecule has 0 atom stereocenters. The molecule has 1 saturated heterocycles. The van der Waals surface area contributed by atoms with E-state index in [0.29, 0.717) is 13.1 Å².